The summed E-state index contributed by atoms with van der Waals surface area (Å²) in [5.74, 6) is 2.84. The van der Waals surface area contributed by atoms with E-state index in [-0.39, 0.29) is 12.5 Å². The van der Waals surface area contributed by atoms with Gasteiger partial charge in [0.15, 0.2) is 5.76 Å². The number of benzene rings is 1. The molecule has 5 nitrogen and oxygen atoms in total. The van der Waals surface area contributed by atoms with Crippen molar-refractivity contribution in [2.75, 3.05) is 0 Å². The quantitative estimate of drug-likeness (QED) is 0.678. The highest BCUT2D eigenvalue weighted by Gasteiger charge is 2.41. The maximum atomic E-state index is 13.1. The lowest BCUT2D eigenvalue weighted by molar-refractivity contribution is -0.155. The first-order chi connectivity index (χ1) is 15.2. The van der Waals surface area contributed by atoms with E-state index in [0.29, 0.717) is 36.2 Å². The molecule has 2 N–H and O–H groups in total. The van der Waals surface area contributed by atoms with E-state index < -0.39 is 6.29 Å². The number of carbonyl (C=O) groups is 1. The van der Waals surface area contributed by atoms with Gasteiger partial charge in [0, 0.05) is 12.5 Å². The van der Waals surface area contributed by atoms with Crippen molar-refractivity contribution >= 4 is 5.91 Å². The first-order valence-corrected chi connectivity index (χ1v) is 12.2. The zero-order valence-electron chi connectivity index (χ0n) is 18.3. The molecule has 3 saturated carbocycles. The molecular formula is C26H35NO4. The molecule has 5 atom stereocenters. The molecule has 0 radical (unpaired) electrons. The van der Waals surface area contributed by atoms with Crippen molar-refractivity contribution < 1.29 is 19.4 Å². The van der Waals surface area contributed by atoms with Crippen LogP contribution in [0.5, 0.6) is 0 Å². The fourth-order valence-electron chi connectivity index (χ4n) is 6.25. The van der Waals surface area contributed by atoms with Gasteiger partial charge in [-0.1, -0.05) is 43.5 Å². The van der Waals surface area contributed by atoms with Crippen molar-refractivity contribution in [1.29, 1.82) is 0 Å². The average Bonchev–Trinajstić information content (AvgIpc) is 3.56. The number of ether oxygens (including phenoxy) is 2. The first kappa shape index (κ1) is 21.0. The largest absolute Gasteiger partial charge is 0.459 e. The van der Waals surface area contributed by atoms with Gasteiger partial charge in [-0.2, -0.15) is 0 Å². The van der Waals surface area contributed by atoms with Crippen LogP contribution in [-0.4, -0.2) is 23.3 Å². The Hall–Kier alpha value is -1.85. The number of carbonyl (C=O) groups excluding carboxylic acids is 1. The summed E-state index contributed by atoms with van der Waals surface area (Å²) in [7, 11) is 0. The Morgan fingerprint density at radius 2 is 1.77 bits per heavy atom. The van der Waals surface area contributed by atoms with E-state index in [0.717, 1.165) is 29.9 Å². The first-order valence-electron chi connectivity index (χ1n) is 12.2. The number of rotatable bonds is 7. The summed E-state index contributed by atoms with van der Waals surface area (Å²) in [6.07, 6.45) is 12.5. The van der Waals surface area contributed by atoms with Gasteiger partial charge in [-0.25, -0.2) is 0 Å². The standard InChI is InChI=1S/C26H35NO4/c28-15-17-5-7-18(8-6-17)16-30-25-14-22(20-3-1-2-4-20)13-24(31-25)26(29)27-23-12-19-9-10-21(23)11-19/h5-8,13,19-23,25,28H,1-4,9-12,14-16H2,(H,27,29)/t19?,21?,22-,23?,25+/m0/s1. The van der Waals surface area contributed by atoms with Crippen LogP contribution in [0.25, 0.3) is 0 Å². The molecule has 0 spiro atoms. The van der Waals surface area contributed by atoms with E-state index >= 15 is 0 Å². The Morgan fingerprint density at radius 1 is 1.00 bits per heavy atom. The summed E-state index contributed by atoms with van der Waals surface area (Å²) in [6.45, 7) is 0.483. The second-order valence-corrected chi connectivity index (χ2v) is 10.1. The lowest BCUT2D eigenvalue weighted by Gasteiger charge is -2.33. The topological polar surface area (TPSA) is 67.8 Å². The van der Waals surface area contributed by atoms with Crippen molar-refractivity contribution in [3.63, 3.8) is 0 Å². The summed E-state index contributed by atoms with van der Waals surface area (Å²) in [5, 5.41) is 12.5. The minimum absolute atomic E-state index is 0.0435. The molecule has 3 aliphatic carbocycles. The number of nitrogens with one attached hydrogen (secondary N) is 1. The molecule has 5 rings (SSSR count). The van der Waals surface area contributed by atoms with Crippen molar-refractivity contribution in [2.45, 2.75) is 83.3 Å². The third-order valence-corrected chi connectivity index (χ3v) is 8.01. The second-order valence-electron chi connectivity index (χ2n) is 10.1. The molecule has 1 aromatic carbocycles. The van der Waals surface area contributed by atoms with E-state index in [4.69, 9.17) is 9.47 Å². The predicted octanol–water partition coefficient (Wildman–Crippen LogP) is 4.44. The molecule has 4 aliphatic rings. The number of aliphatic hydroxyl groups is 1. The Morgan fingerprint density at radius 3 is 2.45 bits per heavy atom. The Bertz CT molecular complexity index is 798. The van der Waals surface area contributed by atoms with E-state index in [1.54, 1.807) is 0 Å². The van der Waals surface area contributed by atoms with Gasteiger partial charge in [0.05, 0.1) is 13.2 Å². The second kappa shape index (κ2) is 9.33. The smallest absolute Gasteiger partial charge is 0.286 e. The molecule has 1 heterocycles. The average molecular weight is 426 g/mol. The number of hydrogen-bond donors (Lipinski definition) is 2. The van der Waals surface area contributed by atoms with E-state index in [1.807, 2.05) is 24.3 Å². The number of amides is 1. The molecule has 31 heavy (non-hydrogen) atoms. The minimum atomic E-state index is -0.395. The van der Waals surface area contributed by atoms with Crippen LogP contribution in [0, 0.1) is 23.7 Å². The van der Waals surface area contributed by atoms with Gasteiger partial charge in [-0.3, -0.25) is 4.79 Å². The van der Waals surface area contributed by atoms with Crippen LogP contribution < -0.4 is 5.32 Å². The zero-order valence-corrected chi connectivity index (χ0v) is 18.3. The molecule has 3 fully saturated rings. The molecule has 168 valence electrons. The lowest BCUT2D eigenvalue weighted by Crippen LogP contribution is -2.41. The van der Waals surface area contributed by atoms with E-state index in [9.17, 15) is 9.90 Å². The summed E-state index contributed by atoms with van der Waals surface area (Å²) < 4.78 is 12.2. The number of fused-ring (bicyclic) bond motifs is 2. The molecule has 5 heteroatoms. The highest BCUT2D eigenvalue weighted by atomic mass is 16.7. The van der Waals surface area contributed by atoms with Gasteiger partial charge in [0.1, 0.15) is 0 Å². The highest BCUT2D eigenvalue weighted by Crippen LogP contribution is 2.44. The summed E-state index contributed by atoms with van der Waals surface area (Å²) in [6, 6.07) is 8.08. The van der Waals surface area contributed by atoms with Gasteiger partial charge in [-0.05, 0) is 73.0 Å². The number of allylic oxidation sites excluding steroid dienone is 1. The molecule has 1 aromatic rings. The van der Waals surface area contributed by atoms with Gasteiger partial charge in [0.2, 0.25) is 6.29 Å². The van der Waals surface area contributed by atoms with Crippen LogP contribution >= 0.6 is 0 Å². The SMILES string of the molecule is O=C(NC1CC2CCC1C2)C1=C[C@H](C2CCCC2)C[C@H](OCc2ccc(CO)cc2)O1. The fraction of sp³-hybridized carbons (Fsp3) is 0.654. The molecule has 3 unspecified atom stereocenters. The van der Waals surface area contributed by atoms with Gasteiger partial charge < -0.3 is 19.9 Å². The van der Waals surface area contributed by atoms with Gasteiger partial charge >= 0.3 is 0 Å². The highest BCUT2D eigenvalue weighted by molar-refractivity contribution is 5.91. The molecule has 2 bridgehead atoms. The van der Waals surface area contributed by atoms with Crippen molar-refractivity contribution in [1.82, 2.24) is 5.32 Å². The monoisotopic (exact) mass is 425 g/mol. The van der Waals surface area contributed by atoms with Crippen LogP contribution in [0.3, 0.4) is 0 Å². The Kier molecular flexibility index (Phi) is 6.33. The fourth-order valence-corrected chi connectivity index (χ4v) is 6.25. The normalized spacial score (nSPS) is 32.7. The van der Waals surface area contributed by atoms with Crippen molar-refractivity contribution in [3.05, 3.63) is 47.2 Å². The van der Waals surface area contributed by atoms with Crippen LogP contribution in [-0.2, 0) is 27.5 Å². The van der Waals surface area contributed by atoms with Crippen LogP contribution in [0.15, 0.2) is 36.1 Å². The van der Waals surface area contributed by atoms with E-state index in [2.05, 4.69) is 11.4 Å². The number of hydrogen-bond acceptors (Lipinski definition) is 4. The summed E-state index contributed by atoms with van der Waals surface area (Å²) in [4.78, 5) is 13.1. The Balaban J connectivity index is 1.23. The minimum Gasteiger partial charge on any atom is -0.459 e. The van der Waals surface area contributed by atoms with Gasteiger partial charge in [-0.15, -0.1) is 0 Å². The number of aliphatic hydroxyl groups excluding tert-OH is 1. The molecule has 0 saturated heterocycles. The Labute approximate surface area is 185 Å². The summed E-state index contributed by atoms with van der Waals surface area (Å²) >= 11 is 0. The van der Waals surface area contributed by atoms with Crippen molar-refractivity contribution in [3.8, 4) is 0 Å². The van der Waals surface area contributed by atoms with Crippen LogP contribution in [0.1, 0.15) is 68.9 Å². The van der Waals surface area contributed by atoms with Gasteiger partial charge in [0.25, 0.3) is 5.91 Å². The van der Waals surface area contributed by atoms with Crippen LogP contribution in [0.4, 0.5) is 0 Å². The predicted molar refractivity (Wildman–Crippen MR) is 118 cm³/mol. The van der Waals surface area contributed by atoms with Crippen LogP contribution in [0.2, 0.25) is 0 Å². The third-order valence-electron chi connectivity index (χ3n) is 8.01. The molecule has 1 aliphatic heterocycles. The summed E-state index contributed by atoms with van der Waals surface area (Å²) in [5.41, 5.74) is 1.93. The van der Waals surface area contributed by atoms with E-state index in [1.165, 1.54) is 44.9 Å². The lowest BCUT2D eigenvalue weighted by atomic mass is 9.86. The maximum Gasteiger partial charge on any atom is 0.286 e. The zero-order chi connectivity index (χ0) is 21.2. The maximum absolute atomic E-state index is 13.1. The molecule has 1 amide bonds. The van der Waals surface area contributed by atoms with Crippen molar-refractivity contribution in [2.24, 2.45) is 23.7 Å². The molecule has 0 aromatic heterocycles. The third kappa shape index (κ3) is 4.83. The molecular weight excluding hydrogens is 390 g/mol.